The number of Topliss-reactive ketones (excluding diaryl/α,β-unsaturated/α-hetero) is 2. The molecule has 0 fully saturated rings. The van der Waals surface area contributed by atoms with Crippen molar-refractivity contribution in [3.8, 4) is 0 Å². The third-order valence-electron chi connectivity index (χ3n) is 2.48. The van der Waals surface area contributed by atoms with Crippen molar-refractivity contribution in [1.82, 2.24) is 14.5 Å². The number of hydrogen-bond acceptors (Lipinski definition) is 5. The molecule has 0 bridgehead atoms. The van der Waals surface area contributed by atoms with E-state index in [1.165, 1.54) is 20.0 Å². The Morgan fingerprint density at radius 3 is 2.05 bits per heavy atom. The molecule has 0 atom stereocenters. The molecule has 0 saturated heterocycles. The molecular formula is C12H13Br2N3O3. The zero-order valence-corrected chi connectivity index (χ0v) is 14.6. The molecule has 8 heteroatoms. The van der Waals surface area contributed by atoms with E-state index < -0.39 is 0 Å². The van der Waals surface area contributed by atoms with Crippen LogP contribution in [-0.4, -0.2) is 26.1 Å². The molecule has 0 saturated carbocycles. The van der Waals surface area contributed by atoms with Crippen molar-refractivity contribution in [2.75, 3.05) is 0 Å². The number of ketones is 2. The number of hydrogen-bond donors (Lipinski definition) is 0. The minimum absolute atomic E-state index is 0.00352. The number of aromatic nitrogens is 3. The Kier molecular flexibility index (Phi) is 5.82. The van der Waals surface area contributed by atoms with E-state index >= 15 is 0 Å². The summed E-state index contributed by atoms with van der Waals surface area (Å²) < 4.78 is 7.33. The van der Waals surface area contributed by atoms with Gasteiger partial charge in [-0.3, -0.25) is 9.59 Å². The zero-order chi connectivity index (χ0) is 15.4. The predicted molar refractivity (Wildman–Crippen MR) is 79.9 cm³/mol. The topological polar surface area (TPSA) is 78.0 Å². The number of nitrogens with zero attached hydrogens (tertiary/aromatic N) is 3. The summed E-state index contributed by atoms with van der Waals surface area (Å²) in [5, 5.41) is 0. The smallest absolute Gasteiger partial charge is 0.264 e. The molecule has 0 aliphatic carbocycles. The van der Waals surface area contributed by atoms with E-state index in [4.69, 9.17) is 4.42 Å². The number of halogens is 2. The van der Waals surface area contributed by atoms with Gasteiger partial charge in [-0.25, -0.2) is 9.97 Å². The average Bonchev–Trinajstić information content (AvgIpc) is 2.90. The van der Waals surface area contributed by atoms with Gasteiger partial charge in [-0.05, 0) is 22.9 Å². The number of oxazole rings is 1. The van der Waals surface area contributed by atoms with Crippen LogP contribution in [0.3, 0.4) is 0 Å². The fourth-order valence-corrected chi connectivity index (χ4v) is 2.01. The highest BCUT2D eigenvalue weighted by atomic mass is 79.9. The summed E-state index contributed by atoms with van der Waals surface area (Å²) in [5.74, 6) is 0.166. The Morgan fingerprint density at radius 1 is 1.25 bits per heavy atom. The van der Waals surface area contributed by atoms with Gasteiger partial charge in [-0.2, -0.15) is 0 Å². The summed E-state index contributed by atoms with van der Waals surface area (Å²) in [6.45, 7) is 4.81. The van der Waals surface area contributed by atoms with Crippen LogP contribution in [0.2, 0.25) is 0 Å². The molecule has 0 N–H and O–H groups in total. The zero-order valence-electron chi connectivity index (χ0n) is 11.4. The first-order chi connectivity index (χ1) is 9.23. The van der Waals surface area contributed by atoms with Gasteiger partial charge in [0.05, 0.1) is 6.20 Å². The fraction of sp³-hybridized carbons (Fsp3) is 0.333. The van der Waals surface area contributed by atoms with Crippen molar-refractivity contribution in [2.24, 2.45) is 7.05 Å². The van der Waals surface area contributed by atoms with E-state index in [0.29, 0.717) is 15.2 Å². The van der Waals surface area contributed by atoms with E-state index in [0.717, 1.165) is 5.69 Å². The molecule has 20 heavy (non-hydrogen) atoms. The number of carbonyl (C=O) groups excluding carboxylic acids is 2. The third kappa shape index (κ3) is 4.11. The lowest BCUT2D eigenvalue weighted by Crippen LogP contribution is -1.97. The van der Waals surface area contributed by atoms with Gasteiger partial charge in [0.2, 0.25) is 0 Å². The lowest BCUT2D eigenvalue weighted by Gasteiger charge is -1.94. The highest BCUT2D eigenvalue weighted by molar-refractivity contribution is 9.10. The van der Waals surface area contributed by atoms with Gasteiger partial charge in [0.25, 0.3) is 4.80 Å². The van der Waals surface area contributed by atoms with Crippen molar-refractivity contribution < 1.29 is 14.0 Å². The van der Waals surface area contributed by atoms with Crippen LogP contribution in [0.4, 0.5) is 0 Å². The number of imidazole rings is 1. The van der Waals surface area contributed by atoms with Gasteiger partial charge in [0.1, 0.15) is 5.69 Å². The van der Waals surface area contributed by atoms with Crippen LogP contribution < -0.4 is 0 Å². The van der Waals surface area contributed by atoms with Crippen LogP contribution in [-0.2, 0) is 7.05 Å². The minimum Gasteiger partial charge on any atom is -0.428 e. The lowest BCUT2D eigenvalue weighted by atomic mass is 10.3. The second-order valence-electron chi connectivity index (χ2n) is 3.96. The summed E-state index contributed by atoms with van der Waals surface area (Å²) in [6, 6.07) is 0. The number of rotatable bonds is 2. The van der Waals surface area contributed by atoms with Crippen LogP contribution in [0, 0.1) is 6.92 Å². The Morgan fingerprint density at radius 2 is 1.85 bits per heavy atom. The molecule has 0 unspecified atom stereocenters. The Labute approximate surface area is 132 Å². The highest BCUT2D eigenvalue weighted by Crippen LogP contribution is 2.14. The van der Waals surface area contributed by atoms with E-state index in [2.05, 4.69) is 41.8 Å². The molecule has 0 amide bonds. The first-order valence-corrected chi connectivity index (χ1v) is 7.14. The SMILES string of the molecule is CC(=O)c1cnc(Br)o1.CC(=O)c1nc(Br)n(C)c1C. The van der Waals surface area contributed by atoms with Gasteiger partial charge >= 0.3 is 0 Å². The van der Waals surface area contributed by atoms with Crippen molar-refractivity contribution in [2.45, 2.75) is 20.8 Å². The quantitative estimate of drug-likeness (QED) is 0.714. The molecule has 0 spiro atoms. The van der Waals surface area contributed by atoms with Crippen LogP contribution in [0.15, 0.2) is 20.1 Å². The maximum absolute atomic E-state index is 10.9. The second kappa shape index (κ2) is 6.94. The third-order valence-corrected chi connectivity index (χ3v) is 3.56. The van der Waals surface area contributed by atoms with Gasteiger partial charge in [-0.1, -0.05) is 0 Å². The summed E-state index contributed by atoms with van der Waals surface area (Å²) in [4.78, 5) is 29.5. The Bertz CT molecular complexity index is 646. The summed E-state index contributed by atoms with van der Waals surface area (Å²) >= 11 is 6.21. The molecule has 6 nitrogen and oxygen atoms in total. The molecule has 0 aliphatic rings. The van der Waals surface area contributed by atoms with Crippen LogP contribution in [0.1, 0.15) is 40.6 Å². The Balaban J connectivity index is 0.000000204. The molecule has 2 rings (SSSR count). The molecule has 0 aliphatic heterocycles. The fourth-order valence-electron chi connectivity index (χ4n) is 1.29. The first kappa shape index (κ1) is 16.8. The number of carbonyl (C=O) groups is 2. The molecular weight excluding hydrogens is 394 g/mol. The van der Waals surface area contributed by atoms with Crippen LogP contribution >= 0.6 is 31.9 Å². The normalized spacial score (nSPS) is 9.90. The van der Waals surface area contributed by atoms with E-state index in [1.54, 1.807) is 0 Å². The lowest BCUT2D eigenvalue weighted by molar-refractivity contribution is 0.0983. The van der Waals surface area contributed by atoms with Gasteiger partial charge in [-0.15, -0.1) is 0 Å². The molecule has 0 aromatic carbocycles. The van der Waals surface area contributed by atoms with E-state index in [-0.39, 0.29) is 17.3 Å². The van der Waals surface area contributed by atoms with Crippen molar-refractivity contribution in [3.05, 3.63) is 32.9 Å². The van der Waals surface area contributed by atoms with Crippen molar-refractivity contribution >= 4 is 43.4 Å². The maximum Gasteiger partial charge on any atom is 0.264 e. The molecule has 0 radical (unpaired) electrons. The van der Waals surface area contributed by atoms with Crippen LogP contribution in [0.5, 0.6) is 0 Å². The van der Waals surface area contributed by atoms with E-state index in [1.807, 2.05) is 18.5 Å². The molecule has 2 aromatic rings. The van der Waals surface area contributed by atoms with Crippen LogP contribution in [0.25, 0.3) is 0 Å². The first-order valence-electron chi connectivity index (χ1n) is 5.56. The van der Waals surface area contributed by atoms with Gasteiger partial charge in [0.15, 0.2) is 22.1 Å². The summed E-state index contributed by atoms with van der Waals surface area (Å²) in [7, 11) is 1.86. The molecule has 2 aromatic heterocycles. The van der Waals surface area contributed by atoms with Gasteiger partial charge in [0, 0.05) is 42.5 Å². The van der Waals surface area contributed by atoms with Crippen molar-refractivity contribution in [3.63, 3.8) is 0 Å². The largest absolute Gasteiger partial charge is 0.428 e. The molecule has 2 heterocycles. The molecule has 108 valence electrons. The maximum atomic E-state index is 10.9. The highest BCUT2D eigenvalue weighted by Gasteiger charge is 2.11. The second-order valence-corrected chi connectivity index (χ2v) is 5.35. The van der Waals surface area contributed by atoms with E-state index in [9.17, 15) is 9.59 Å². The average molecular weight is 407 g/mol. The summed E-state index contributed by atoms with van der Waals surface area (Å²) in [5.41, 5.74) is 1.43. The Hall–Kier alpha value is -1.28. The van der Waals surface area contributed by atoms with Gasteiger partial charge < -0.3 is 8.98 Å². The van der Waals surface area contributed by atoms with Crippen molar-refractivity contribution in [1.29, 1.82) is 0 Å². The predicted octanol–water partition coefficient (Wildman–Crippen LogP) is 3.33. The minimum atomic E-state index is -0.117. The standard InChI is InChI=1S/C7H9BrN2O.C5H4BrNO2/c1-4-6(5(2)11)9-7(8)10(4)3;1-3(8)4-2-7-5(6)9-4/h1-3H3;2H,1H3. The summed E-state index contributed by atoms with van der Waals surface area (Å²) in [6.07, 6.45) is 1.38. The monoisotopic (exact) mass is 405 g/mol.